The number of fused-ring (bicyclic) bond motifs is 2. The monoisotopic (exact) mass is 554 g/mol. The molecule has 0 radical (unpaired) electrons. The molecule has 0 bridgehead atoms. The van der Waals surface area contributed by atoms with E-state index in [9.17, 15) is 17.2 Å². The van der Waals surface area contributed by atoms with Gasteiger partial charge >= 0.3 is 0 Å². The molecule has 10 nitrogen and oxygen atoms in total. The summed E-state index contributed by atoms with van der Waals surface area (Å²) in [5, 5.41) is 7.49. The molecule has 3 saturated heterocycles. The van der Waals surface area contributed by atoms with E-state index >= 15 is 0 Å². The van der Waals surface area contributed by atoms with Gasteiger partial charge in [-0.3, -0.25) is 4.90 Å². The Morgan fingerprint density at radius 2 is 2.08 bits per heavy atom. The molecule has 0 spiro atoms. The number of nitrogens with zero attached hydrogens (tertiary/aromatic N) is 5. The molecule has 6 rings (SSSR count). The highest BCUT2D eigenvalue weighted by atomic mass is 32.2. The fourth-order valence-corrected chi connectivity index (χ4v) is 7.30. The fraction of sp³-hybridized carbons (Fsp3) is 0.565. The van der Waals surface area contributed by atoms with Crippen molar-refractivity contribution in [3.8, 4) is 10.7 Å². The zero-order chi connectivity index (χ0) is 25.9. The van der Waals surface area contributed by atoms with Crippen LogP contribution in [0.2, 0.25) is 0 Å². The Bertz CT molecular complexity index is 1430. The molecule has 3 fully saturated rings. The van der Waals surface area contributed by atoms with Crippen LogP contribution in [0.1, 0.15) is 25.3 Å². The Balaban J connectivity index is 1.45. The van der Waals surface area contributed by atoms with E-state index < -0.39 is 22.0 Å². The minimum atomic E-state index is -3.94. The molecule has 37 heavy (non-hydrogen) atoms. The number of pyridine rings is 1. The normalized spacial score (nSPS) is 27.0. The average molecular weight is 555 g/mol. The molecule has 1 N–H and O–H groups in total. The molecule has 0 aliphatic carbocycles. The van der Waals surface area contributed by atoms with E-state index in [1.807, 2.05) is 19.9 Å². The van der Waals surface area contributed by atoms with Crippen LogP contribution in [0.5, 0.6) is 0 Å². The summed E-state index contributed by atoms with van der Waals surface area (Å²) < 4.78 is 69.3. The molecule has 6 heterocycles. The van der Waals surface area contributed by atoms with Gasteiger partial charge in [0.2, 0.25) is 10.0 Å². The highest BCUT2D eigenvalue weighted by molar-refractivity contribution is 7.89. The van der Waals surface area contributed by atoms with Crippen molar-refractivity contribution in [3.63, 3.8) is 0 Å². The first-order valence-corrected chi connectivity index (χ1v) is 14.4. The number of aromatic nitrogens is 3. The summed E-state index contributed by atoms with van der Waals surface area (Å²) in [4.78, 5) is 4.65. The van der Waals surface area contributed by atoms with E-state index in [0.29, 0.717) is 30.5 Å². The molecule has 14 heteroatoms. The molecule has 0 amide bonds. The zero-order valence-corrected chi connectivity index (χ0v) is 22.1. The summed E-state index contributed by atoms with van der Waals surface area (Å²) in [6, 6.07) is 5.53. The lowest BCUT2D eigenvalue weighted by Gasteiger charge is -2.45. The van der Waals surface area contributed by atoms with Crippen molar-refractivity contribution in [1.29, 1.82) is 0 Å². The van der Waals surface area contributed by atoms with Crippen LogP contribution in [0.4, 0.5) is 14.5 Å². The molecular formula is C23H28F2N6O4S2. The lowest BCUT2D eigenvalue weighted by atomic mass is 9.93. The zero-order valence-electron chi connectivity index (χ0n) is 20.4. The smallest absolute Gasteiger partial charge is 0.291 e. The van der Waals surface area contributed by atoms with Gasteiger partial charge in [0.05, 0.1) is 54.4 Å². The van der Waals surface area contributed by atoms with Gasteiger partial charge < -0.3 is 18.8 Å². The molecule has 3 aromatic rings. The van der Waals surface area contributed by atoms with Crippen LogP contribution >= 0.6 is 11.3 Å². The fourth-order valence-electron chi connectivity index (χ4n) is 5.11. The summed E-state index contributed by atoms with van der Waals surface area (Å²) >= 11 is 0.795. The molecule has 200 valence electrons. The quantitative estimate of drug-likeness (QED) is 0.496. The van der Waals surface area contributed by atoms with Crippen molar-refractivity contribution in [2.24, 2.45) is 0 Å². The standard InChI is InChI=1S/C23H28F2N6O4S2/c1-14-23(2,13-35-14)28-37(32,33)16-9-19(30-6-5-29-7-8-34-12-15(29)10-30)17-3-4-18(31(17)11-16)21-26-27-22(36-21)20(24)25/h3-4,9,11,14-15,20,28H,5-8,10,12-13H2,1-2H3/t14?,15-,23?/m1/s1. The number of sulfonamides is 1. The second-order valence-corrected chi connectivity index (χ2v) is 12.7. The number of alkyl halides is 2. The Hall–Kier alpha value is -2.23. The van der Waals surface area contributed by atoms with Gasteiger partial charge in [0.15, 0.2) is 10.0 Å². The Morgan fingerprint density at radius 3 is 2.78 bits per heavy atom. The predicted molar refractivity (Wildman–Crippen MR) is 134 cm³/mol. The average Bonchev–Trinajstić information content (AvgIpc) is 3.54. The largest absolute Gasteiger partial charge is 0.378 e. The molecule has 3 aromatic heterocycles. The van der Waals surface area contributed by atoms with Crippen LogP contribution in [0.15, 0.2) is 29.3 Å². The summed E-state index contributed by atoms with van der Waals surface area (Å²) in [6.45, 7) is 8.38. The van der Waals surface area contributed by atoms with Crippen LogP contribution in [0, 0.1) is 0 Å². The van der Waals surface area contributed by atoms with Gasteiger partial charge in [0.1, 0.15) is 4.90 Å². The van der Waals surface area contributed by atoms with E-state index in [1.54, 1.807) is 16.5 Å². The van der Waals surface area contributed by atoms with Crippen molar-refractivity contribution in [2.45, 2.75) is 42.9 Å². The molecular weight excluding hydrogens is 526 g/mol. The summed E-state index contributed by atoms with van der Waals surface area (Å²) in [5.41, 5.74) is 1.30. The Morgan fingerprint density at radius 1 is 1.24 bits per heavy atom. The van der Waals surface area contributed by atoms with Crippen LogP contribution in [-0.2, 0) is 19.5 Å². The topological polar surface area (TPSA) is 101 Å². The number of morpholine rings is 1. The Kier molecular flexibility index (Phi) is 6.24. The first-order chi connectivity index (χ1) is 17.6. The van der Waals surface area contributed by atoms with E-state index in [1.165, 1.54) is 6.20 Å². The van der Waals surface area contributed by atoms with Gasteiger partial charge in [-0.1, -0.05) is 11.3 Å². The number of hydrogen-bond donors (Lipinski definition) is 1. The number of halogens is 2. The van der Waals surface area contributed by atoms with Crippen molar-refractivity contribution >= 4 is 32.6 Å². The molecule has 3 atom stereocenters. The van der Waals surface area contributed by atoms with Gasteiger partial charge in [-0.25, -0.2) is 21.9 Å². The number of rotatable bonds is 6. The minimum absolute atomic E-state index is 0.0775. The number of piperazine rings is 1. The molecule has 3 aliphatic heterocycles. The predicted octanol–water partition coefficient (Wildman–Crippen LogP) is 2.37. The number of ether oxygens (including phenoxy) is 2. The number of hydrogen-bond acceptors (Lipinski definition) is 9. The van der Waals surface area contributed by atoms with Gasteiger partial charge in [-0.2, -0.15) is 0 Å². The first-order valence-electron chi connectivity index (χ1n) is 12.1. The van der Waals surface area contributed by atoms with Crippen LogP contribution in [-0.4, -0.2) is 91.6 Å². The van der Waals surface area contributed by atoms with Gasteiger partial charge in [0.25, 0.3) is 6.43 Å². The maximum atomic E-state index is 13.6. The lowest BCUT2D eigenvalue weighted by molar-refractivity contribution is -0.120. The third-order valence-electron chi connectivity index (χ3n) is 7.55. The SMILES string of the molecule is CC1OCC1(C)NS(=O)(=O)c1cc(N2CCN3CCOC[C@H]3C2)c2ccc(-c3nnc(C(F)F)s3)n2c1. The van der Waals surface area contributed by atoms with Crippen molar-refractivity contribution in [3.05, 3.63) is 29.4 Å². The lowest BCUT2D eigenvalue weighted by Crippen LogP contribution is -2.65. The van der Waals surface area contributed by atoms with E-state index in [4.69, 9.17) is 9.47 Å². The maximum Gasteiger partial charge on any atom is 0.291 e. The van der Waals surface area contributed by atoms with Crippen LogP contribution in [0.3, 0.4) is 0 Å². The minimum Gasteiger partial charge on any atom is -0.378 e. The second-order valence-electron chi connectivity index (χ2n) is 9.97. The Labute approximate surface area is 217 Å². The van der Waals surface area contributed by atoms with Crippen molar-refractivity contribution in [2.75, 3.05) is 50.9 Å². The van der Waals surface area contributed by atoms with Gasteiger partial charge in [0, 0.05) is 32.4 Å². The van der Waals surface area contributed by atoms with Crippen molar-refractivity contribution < 1.29 is 26.7 Å². The van der Waals surface area contributed by atoms with Gasteiger partial charge in [-0.15, -0.1) is 10.2 Å². The van der Waals surface area contributed by atoms with E-state index in [0.717, 1.165) is 42.2 Å². The van der Waals surface area contributed by atoms with Crippen LogP contribution in [0.25, 0.3) is 16.2 Å². The highest BCUT2D eigenvalue weighted by Crippen LogP contribution is 2.36. The second kappa shape index (κ2) is 9.20. The first kappa shape index (κ1) is 25.1. The highest BCUT2D eigenvalue weighted by Gasteiger charge is 2.45. The molecule has 0 aromatic carbocycles. The van der Waals surface area contributed by atoms with Crippen molar-refractivity contribution in [1.82, 2.24) is 24.2 Å². The van der Waals surface area contributed by atoms with E-state index in [-0.39, 0.29) is 28.7 Å². The summed E-state index contributed by atoms with van der Waals surface area (Å²) in [7, 11) is -3.94. The third-order valence-corrected chi connectivity index (χ3v) is 10.1. The number of anilines is 1. The van der Waals surface area contributed by atoms with Gasteiger partial charge in [-0.05, 0) is 32.0 Å². The molecule has 3 aliphatic rings. The maximum absolute atomic E-state index is 13.6. The third kappa shape index (κ3) is 4.42. The van der Waals surface area contributed by atoms with Crippen LogP contribution < -0.4 is 9.62 Å². The summed E-state index contributed by atoms with van der Waals surface area (Å²) in [6.07, 6.45) is -1.47. The molecule has 0 saturated carbocycles. The van der Waals surface area contributed by atoms with E-state index in [2.05, 4.69) is 24.7 Å². The molecule has 2 unspecified atom stereocenters. The number of nitrogens with one attached hydrogen (secondary N) is 1. The summed E-state index contributed by atoms with van der Waals surface area (Å²) in [5.74, 6) is 0.